The van der Waals surface area contributed by atoms with Gasteiger partial charge in [0.2, 0.25) is 5.82 Å². The number of hydrogen-bond donors (Lipinski definition) is 1. The molecule has 0 atom stereocenters. The van der Waals surface area contributed by atoms with Gasteiger partial charge in [0.05, 0.1) is 38.7 Å². The van der Waals surface area contributed by atoms with Gasteiger partial charge in [-0.05, 0) is 18.2 Å². The Hall–Kier alpha value is -2.92. The number of nitrogens with one attached hydrogen (secondary N) is 1. The van der Waals surface area contributed by atoms with E-state index in [1.807, 2.05) is 0 Å². The third-order valence-corrected chi connectivity index (χ3v) is 4.76. The molecule has 1 aliphatic heterocycles. The lowest BCUT2D eigenvalue weighted by Gasteiger charge is -2.26. The molecule has 0 saturated carbocycles. The van der Waals surface area contributed by atoms with Crippen LogP contribution in [0.3, 0.4) is 0 Å². The number of carbonyl (C=O) groups is 1. The number of amides is 1. The van der Waals surface area contributed by atoms with Crippen molar-refractivity contribution in [3.63, 3.8) is 0 Å². The quantitative estimate of drug-likeness (QED) is 0.707. The Morgan fingerprint density at radius 2 is 1.90 bits per heavy atom. The smallest absolute Gasteiger partial charge is 0.451 e. The van der Waals surface area contributed by atoms with Crippen molar-refractivity contribution >= 4 is 5.91 Å². The molecule has 2 heterocycles. The maximum atomic E-state index is 13.2. The van der Waals surface area contributed by atoms with Crippen LogP contribution in [0.4, 0.5) is 13.2 Å². The van der Waals surface area contributed by atoms with E-state index in [0.29, 0.717) is 37.8 Å². The number of carbonyl (C=O) groups excluding carboxylic acids is 1. The summed E-state index contributed by atoms with van der Waals surface area (Å²) in [5.74, 6) is -1.20. The number of alkyl halides is 3. The standard InChI is InChI=1S/C20H23F3N4O4/c1-29-15-4-3-13(11-16(15)30-2)17-14(12-25-19(26-17)20(21,22)23)18(28)24-5-6-27-7-9-31-10-8-27/h3-4,11-12H,5-10H2,1-2H3,(H,24,28). The minimum absolute atomic E-state index is 0.0674. The fourth-order valence-corrected chi connectivity index (χ4v) is 3.14. The molecule has 168 valence electrons. The van der Waals surface area contributed by atoms with Crippen LogP contribution in [0, 0.1) is 0 Å². The highest BCUT2D eigenvalue weighted by molar-refractivity contribution is 5.99. The highest BCUT2D eigenvalue weighted by atomic mass is 19.4. The van der Waals surface area contributed by atoms with Gasteiger partial charge in [-0.15, -0.1) is 0 Å². The van der Waals surface area contributed by atoms with Crippen LogP contribution in [0.2, 0.25) is 0 Å². The molecule has 1 saturated heterocycles. The van der Waals surface area contributed by atoms with Gasteiger partial charge in [0.1, 0.15) is 0 Å². The monoisotopic (exact) mass is 440 g/mol. The lowest BCUT2D eigenvalue weighted by molar-refractivity contribution is -0.144. The average molecular weight is 440 g/mol. The van der Waals surface area contributed by atoms with Gasteiger partial charge in [0, 0.05) is 37.9 Å². The van der Waals surface area contributed by atoms with Crippen molar-refractivity contribution in [2.24, 2.45) is 0 Å². The van der Waals surface area contributed by atoms with Gasteiger partial charge in [0.15, 0.2) is 11.5 Å². The minimum atomic E-state index is -4.75. The van der Waals surface area contributed by atoms with E-state index in [1.54, 1.807) is 0 Å². The molecule has 0 radical (unpaired) electrons. The minimum Gasteiger partial charge on any atom is -0.493 e. The fraction of sp³-hybridized carbons (Fsp3) is 0.450. The molecule has 1 N–H and O–H groups in total. The number of rotatable bonds is 7. The van der Waals surface area contributed by atoms with Crippen LogP contribution in [0.15, 0.2) is 24.4 Å². The topological polar surface area (TPSA) is 85.8 Å². The Morgan fingerprint density at radius 3 is 2.55 bits per heavy atom. The zero-order valence-electron chi connectivity index (χ0n) is 17.2. The summed E-state index contributed by atoms with van der Waals surface area (Å²) < 4.78 is 55.3. The summed E-state index contributed by atoms with van der Waals surface area (Å²) in [6.07, 6.45) is -3.86. The third-order valence-electron chi connectivity index (χ3n) is 4.76. The normalized spacial score (nSPS) is 14.9. The Bertz CT molecular complexity index is 918. The Balaban J connectivity index is 1.88. The largest absolute Gasteiger partial charge is 0.493 e. The maximum absolute atomic E-state index is 13.2. The molecular weight excluding hydrogens is 417 g/mol. The van der Waals surface area contributed by atoms with E-state index >= 15 is 0 Å². The van der Waals surface area contributed by atoms with Gasteiger partial charge in [0.25, 0.3) is 5.91 Å². The van der Waals surface area contributed by atoms with E-state index < -0.39 is 17.9 Å². The lowest BCUT2D eigenvalue weighted by atomic mass is 10.1. The first kappa shape index (κ1) is 22.8. The van der Waals surface area contributed by atoms with Gasteiger partial charge >= 0.3 is 6.18 Å². The number of benzene rings is 1. The van der Waals surface area contributed by atoms with Crippen LogP contribution in [0.5, 0.6) is 11.5 Å². The number of ether oxygens (including phenoxy) is 3. The van der Waals surface area contributed by atoms with Crippen molar-refractivity contribution in [2.45, 2.75) is 6.18 Å². The number of hydrogen-bond acceptors (Lipinski definition) is 7. The van der Waals surface area contributed by atoms with Crippen molar-refractivity contribution in [3.8, 4) is 22.8 Å². The van der Waals surface area contributed by atoms with E-state index in [9.17, 15) is 18.0 Å². The van der Waals surface area contributed by atoms with Gasteiger partial charge in [-0.25, -0.2) is 9.97 Å². The Morgan fingerprint density at radius 1 is 1.19 bits per heavy atom. The molecule has 1 aromatic heterocycles. The molecule has 1 amide bonds. The molecule has 31 heavy (non-hydrogen) atoms. The average Bonchev–Trinajstić information content (AvgIpc) is 2.78. The first-order valence-electron chi connectivity index (χ1n) is 9.58. The molecule has 0 aliphatic carbocycles. The summed E-state index contributed by atoms with van der Waals surface area (Å²) >= 11 is 0. The van der Waals surface area contributed by atoms with Gasteiger partial charge in [-0.3, -0.25) is 9.69 Å². The third kappa shape index (κ3) is 5.61. The predicted octanol–water partition coefficient (Wildman–Crippen LogP) is 2.24. The zero-order valence-corrected chi connectivity index (χ0v) is 17.2. The van der Waals surface area contributed by atoms with Gasteiger partial charge in [-0.2, -0.15) is 13.2 Å². The molecule has 2 aromatic rings. The van der Waals surface area contributed by atoms with Crippen molar-refractivity contribution in [3.05, 3.63) is 35.8 Å². The molecule has 3 rings (SSSR count). The highest BCUT2D eigenvalue weighted by Crippen LogP contribution is 2.34. The summed E-state index contributed by atoms with van der Waals surface area (Å²) in [7, 11) is 2.85. The van der Waals surface area contributed by atoms with Crippen LogP contribution < -0.4 is 14.8 Å². The van der Waals surface area contributed by atoms with E-state index in [2.05, 4.69) is 20.2 Å². The molecule has 11 heteroatoms. The summed E-state index contributed by atoms with van der Waals surface area (Å²) in [6, 6.07) is 4.50. The van der Waals surface area contributed by atoms with E-state index in [0.717, 1.165) is 19.3 Å². The number of aromatic nitrogens is 2. The summed E-state index contributed by atoms with van der Waals surface area (Å²) in [4.78, 5) is 21.9. The number of methoxy groups -OCH3 is 2. The maximum Gasteiger partial charge on any atom is 0.451 e. The molecule has 1 aliphatic rings. The second-order valence-corrected chi connectivity index (χ2v) is 6.73. The van der Waals surface area contributed by atoms with E-state index in [-0.39, 0.29) is 16.8 Å². The van der Waals surface area contributed by atoms with E-state index in [4.69, 9.17) is 14.2 Å². The second-order valence-electron chi connectivity index (χ2n) is 6.73. The molecule has 0 spiro atoms. The number of halogens is 3. The first-order chi connectivity index (χ1) is 14.8. The zero-order chi connectivity index (χ0) is 22.4. The number of morpholine rings is 1. The fourth-order valence-electron chi connectivity index (χ4n) is 3.14. The van der Waals surface area contributed by atoms with Crippen molar-refractivity contribution < 1.29 is 32.2 Å². The van der Waals surface area contributed by atoms with Crippen LogP contribution in [0.1, 0.15) is 16.2 Å². The molecule has 0 unspecified atom stereocenters. The lowest BCUT2D eigenvalue weighted by Crippen LogP contribution is -2.41. The summed E-state index contributed by atoms with van der Waals surface area (Å²) in [6.45, 7) is 3.70. The van der Waals surface area contributed by atoms with Crippen LogP contribution in [0.25, 0.3) is 11.3 Å². The highest BCUT2D eigenvalue weighted by Gasteiger charge is 2.36. The molecule has 1 fully saturated rings. The van der Waals surface area contributed by atoms with Crippen molar-refractivity contribution in [2.75, 3.05) is 53.6 Å². The van der Waals surface area contributed by atoms with E-state index in [1.165, 1.54) is 32.4 Å². The van der Waals surface area contributed by atoms with Gasteiger partial charge in [-0.1, -0.05) is 0 Å². The summed E-state index contributed by atoms with van der Waals surface area (Å²) in [5, 5.41) is 2.73. The molecule has 0 bridgehead atoms. The number of nitrogens with zero attached hydrogens (tertiary/aromatic N) is 3. The van der Waals surface area contributed by atoms with Crippen molar-refractivity contribution in [1.29, 1.82) is 0 Å². The predicted molar refractivity (Wildman–Crippen MR) is 105 cm³/mol. The molecular formula is C20H23F3N4O4. The van der Waals surface area contributed by atoms with Crippen molar-refractivity contribution in [1.82, 2.24) is 20.2 Å². The molecule has 8 nitrogen and oxygen atoms in total. The van der Waals surface area contributed by atoms with Crippen LogP contribution in [-0.4, -0.2) is 74.4 Å². The molecule has 1 aromatic carbocycles. The first-order valence-corrected chi connectivity index (χ1v) is 9.58. The van der Waals surface area contributed by atoms with Gasteiger partial charge < -0.3 is 19.5 Å². The Labute approximate surface area is 177 Å². The summed E-state index contributed by atoms with van der Waals surface area (Å²) in [5.41, 5.74) is 0.0539. The van der Waals surface area contributed by atoms with Crippen LogP contribution in [-0.2, 0) is 10.9 Å². The Kier molecular flexibility index (Phi) is 7.29. The SMILES string of the molecule is COc1ccc(-c2nc(C(F)(F)F)ncc2C(=O)NCCN2CCOCC2)cc1OC. The van der Waals surface area contributed by atoms with Crippen LogP contribution >= 0.6 is 0 Å². The second kappa shape index (κ2) is 9.92.